The first-order valence-electron chi connectivity index (χ1n) is 6.62. The van der Waals surface area contributed by atoms with Crippen LogP contribution in [0.15, 0.2) is 6.20 Å². The fourth-order valence-electron chi connectivity index (χ4n) is 2.28. The van der Waals surface area contributed by atoms with E-state index in [0.29, 0.717) is 13.2 Å². The van der Waals surface area contributed by atoms with Gasteiger partial charge in [-0.2, -0.15) is 0 Å². The van der Waals surface area contributed by atoms with Crippen LogP contribution in [0.25, 0.3) is 0 Å². The van der Waals surface area contributed by atoms with Gasteiger partial charge in [0, 0.05) is 20.1 Å². The van der Waals surface area contributed by atoms with E-state index in [1.54, 1.807) is 12.0 Å². The van der Waals surface area contributed by atoms with Crippen LogP contribution in [0, 0.1) is 16.0 Å². The first-order valence-corrected chi connectivity index (χ1v) is 7.43. The maximum absolute atomic E-state index is 12.1. The molecule has 0 saturated carbocycles. The topological polar surface area (TPSA) is 115 Å². The van der Waals surface area contributed by atoms with E-state index in [-0.39, 0.29) is 34.4 Å². The normalized spacial score (nSPS) is 19.3. The van der Waals surface area contributed by atoms with Crippen LogP contribution >= 0.6 is 11.3 Å². The van der Waals surface area contributed by atoms with Crippen molar-refractivity contribution in [3.05, 3.63) is 16.3 Å². The van der Waals surface area contributed by atoms with Gasteiger partial charge in [-0.25, -0.2) is 4.98 Å². The summed E-state index contributed by atoms with van der Waals surface area (Å²) in [6.45, 7) is 2.56. The molecule has 9 nitrogen and oxygen atoms in total. The summed E-state index contributed by atoms with van der Waals surface area (Å²) in [7, 11) is 1.55. The third kappa shape index (κ3) is 3.57. The average Bonchev–Trinajstić information content (AvgIpc) is 3.05. The molecule has 1 aromatic heterocycles. The molecule has 0 aromatic carbocycles. The molecular weight excluding hydrogens is 312 g/mol. The molecule has 0 radical (unpaired) electrons. The zero-order valence-corrected chi connectivity index (χ0v) is 13.0. The van der Waals surface area contributed by atoms with Crippen LogP contribution in [-0.2, 0) is 14.3 Å². The Balaban J connectivity index is 1.95. The van der Waals surface area contributed by atoms with Gasteiger partial charge < -0.3 is 15.0 Å². The highest BCUT2D eigenvalue weighted by Gasteiger charge is 2.36. The average molecular weight is 328 g/mol. The quantitative estimate of drug-likeness (QED) is 0.612. The fraction of sp³-hybridized carbons (Fsp3) is 0.583. The van der Waals surface area contributed by atoms with Crippen molar-refractivity contribution in [2.45, 2.75) is 19.4 Å². The Kier molecular flexibility index (Phi) is 5.03. The largest absolute Gasteiger partial charge is 0.383 e. The van der Waals surface area contributed by atoms with Crippen molar-refractivity contribution in [2.24, 2.45) is 5.92 Å². The Morgan fingerprint density at radius 3 is 3.05 bits per heavy atom. The van der Waals surface area contributed by atoms with Gasteiger partial charge in [-0.1, -0.05) is 0 Å². The van der Waals surface area contributed by atoms with E-state index < -0.39 is 10.8 Å². The van der Waals surface area contributed by atoms with Crippen molar-refractivity contribution in [1.29, 1.82) is 0 Å². The maximum Gasteiger partial charge on any atom is 0.345 e. The predicted molar refractivity (Wildman–Crippen MR) is 78.6 cm³/mol. The second-order valence-electron chi connectivity index (χ2n) is 5.00. The van der Waals surface area contributed by atoms with E-state index in [9.17, 15) is 19.7 Å². The molecule has 1 saturated heterocycles. The lowest BCUT2D eigenvalue weighted by molar-refractivity contribution is -0.380. The van der Waals surface area contributed by atoms with E-state index in [2.05, 4.69) is 10.3 Å². The summed E-state index contributed by atoms with van der Waals surface area (Å²) >= 11 is 0.783. The second-order valence-corrected chi connectivity index (χ2v) is 6.01. The zero-order valence-electron chi connectivity index (χ0n) is 12.1. The minimum absolute atomic E-state index is 0.101. The first kappa shape index (κ1) is 16.3. The second kappa shape index (κ2) is 6.79. The minimum Gasteiger partial charge on any atom is -0.383 e. The third-order valence-corrected chi connectivity index (χ3v) is 4.24. The predicted octanol–water partition coefficient (Wildman–Crippen LogP) is 0.873. The molecule has 2 atom stereocenters. The van der Waals surface area contributed by atoms with Gasteiger partial charge in [-0.3, -0.25) is 19.7 Å². The Morgan fingerprint density at radius 2 is 2.45 bits per heavy atom. The summed E-state index contributed by atoms with van der Waals surface area (Å²) in [6, 6.07) is -0.101. The van der Waals surface area contributed by atoms with E-state index >= 15 is 0 Å². The Bertz CT molecular complexity index is 590. The number of aromatic nitrogens is 1. The summed E-state index contributed by atoms with van der Waals surface area (Å²) in [5, 5.41) is 13.1. The monoisotopic (exact) mass is 328 g/mol. The van der Waals surface area contributed by atoms with Crippen molar-refractivity contribution < 1.29 is 19.2 Å². The molecule has 1 fully saturated rings. The molecule has 1 aromatic rings. The van der Waals surface area contributed by atoms with E-state index in [4.69, 9.17) is 4.74 Å². The summed E-state index contributed by atoms with van der Waals surface area (Å²) in [5.41, 5.74) is 0. The minimum atomic E-state index is -0.569. The number of nitro groups is 1. The van der Waals surface area contributed by atoms with Crippen LogP contribution in [-0.4, -0.2) is 52.9 Å². The number of nitrogens with zero attached hydrogens (tertiary/aromatic N) is 3. The van der Waals surface area contributed by atoms with Gasteiger partial charge in [0.05, 0.1) is 23.5 Å². The maximum atomic E-state index is 12.1. The van der Waals surface area contributed by atoms with Crippen LogP contribution in [0.5, 0.6) is 0 Å². The molecule has 10 heteroatoms. The van der Waals surface area contributed by atoms with Gasteiger partial charge in [0.15, 0.2) is 5.13 Å². The van der Waals surface area contributed by atoms with E-state index in [0.717, 1.165) is 17.5 Å². The van der Waals surface area contributed by atoms with E-state index in [1.807, 2.05) is 6.92 Å². The molecule has 22 heavy (non-hydrogen) atoms. The number of hydrogen-bond donors (Lipinski definition) is 1. The number of methoxy groups -OCH3 is 1. The summed E-state index contributed by atoms with van der Waals surface area (Å²) < 4.78 is 5.01. The summed E-state index contributed by atoms with van der Waals surface area (Å²) in [5.74, 6) is -0.950. The zero-order chi connectivity index (χ0) is 16.3. The molecule has 2 amide bonds. The van der Waals surface area contributed by atoms with Crippen LogP contribution < -0.4 is 5.32 Å². The van der Waals surface area contributed by atoms with Crippen molar-refractivity contribution >= 4 is 33.3 Å². The number of carbonyl (C=O) groups excluding carboxylic acids is 2. The van der Waals surface area contributed by atoms with Gasteiger partial charge in [0.2, 0.25) is 11.8 Å². The smallest absolute Gasteiger partial charge is 0.345 e. The highest BCUT2D eigenvalue weighted by molar-refractivity contribution is 7.18. The van der Waals surface area contributed by atoms with Crippen molar-refractivity contribution in [1.82, 2.24) is 9.88 Å². The number of rotatable bonds is 6. The molecule has 1 aliphatic heterocycles. The van der Waals surface area contributed by atoms with Crippen molar-refractivity contribution in [3.63, 3.8) is 0 Å². The molecule has 0 aliphatic carbocycles. The fourth-order valence-corrected chi connectivity index (χ4v) is 2.91. The van der Waals surface area contributed by atoms with Gasteiger partial charge in [-0.05, 0) is 18.3 Å². The van der Waals surface area contributed by atoms with Crippen LogP contribution in [0.4, 0.5) is 10.1 Å². The summed E-state index contributed by atoms with van der Waals surface area (Å²) in [4.78, 5) is 39.5. The van der Waals surface area contributed by atoms with Gasteiger partial charge in [0.1, 0.15) is 6.20 Å². The lowest BCUT2D eigenvalue weighted by Crippen LogP contribution is -2.38. The van der Waals surface area contributed by atoms with E-state index in [1.165, 1.54) is 0 Å². The Morgan fingerprint density at radius 1 is 1.73 bits per heavy atom. The first-order chi connectivity index (χ1) is 10.4. The van der Waals surface area contributed by atoms with Crippen LogP contribution in [0.1, 0.15) is 13.3 Å². The molecule has 1 N–H and O–H groups in total. The molecule has 0 bridgehead atoms. The Labute approximate surface area is 130 Å². The van der Waals surface area contributed by atoms with Gasteiger partial charge >= 0.3 is 5.00 Å². The highest BCUT2D eigenvalue weighted by Crippen LogP contribution is 2.27. The number of ether oxygens (including phenoxy) is 1. The standard InChI is InChI=1S/C12H16N4O5S/c1-7(6-21-2)15-5-8(3-9(15)17)11(18)14-12-13-4-10(22-12)16(19)20/h4,7-8H,3,5-6H2,1-2H3,(H,13,14,18)/t7-,8+/m1/s1. The number of hydrogen-bond acceptors (Lipinski definition) is 7. The molecule has 2 heterocycles. The number of amides is 2. The molecular formula is C12H16N4O5S. The lowest BCUT2D eigenvalue weighted by atomic mass is 10.1. The van der Waals surface area contributed by atoms with Crippen molar-refractivity contribution in [3.8, 4) is 0 Å². The third-order valence-electron chi connectivity index (χ3n) is 3.37. The highest BCUT2D eigenvalue weighted by atomic mass is 32.1. The molecule has 0 unspecified atom stereocenters. The number of carbonyl (C=O) groups is 2. The molecule has 1 aliphatic rings. The van der Waals surface area contributed by atoms with Gasteiger partial charge in [0.25, 0.3) is 0 Å². The number of nitrogens with one attached hydrogen (secondary N) is 1. The molecule has 2 rings (SSSR count). The SMILES string of the molecule is COC[C@@H](C)N1C[C@@H](C(=O)Nc2ncc([N+](=O)[O-])s2)CC1=O. The number of thiazole rings is 1. The number of anilines is 1. The summed E-state index contributed by atoms with van der Waals surface area (Å²) in [6.07, 6.45) is 1.21. The molecule has 120 valence electrons. The van der Waals surface area contributed by atoms with Gasteiger partial charge in [-0.15, -0.1) is 0 Å². The number of likely N-dealkylation sites (tertiary alicyclic amines) is 1. The molecule has 0 spiro atoms. The van der Waals surface area contributed by atoms with Crippen LogP contribution in [0.3, 0.4) is 0 Å². The van der Waals surface area contributed by atoms with Crippen molar-refractivity contribution in [2.75, 3.05) is 25.6 Å². The lowest BCUT2D eigenvalue weighted by Gasteiger charge is -2.23. The Hall–Kier alpha value is -2.07. The van der Waals surface area contributed by atoms with Crippen LogP contribution in [0.2, 0.25) is 0 Å².